The van der Waals surface area contributed by atoms with E-state index in [1.165, 1.54) is 6.33 Å². The predicted molar refractivity (Wildman–Crippen MR) is 69.8 cm³/mol. The lowest BCUT2D eigenvalue weighted by Crippen LogP contribution is -2.27. The SMILES string of the molecule is CCOc1ccc(CN(C)C(=O)c2ncn[nH]2)cc1. The second-order valence-electron chi connectivity index (χ2n) is 4.07. The molecule has 0 aliphatic rings. The summed E-state index contributed by atoms with van der Waals surface area (Å²) in [6.45, 7) is 3.09. The number of carbonyl (C=O) groups is 1. The van der Waals surface area contributed by atoms with Gasteiger partial charge in [-0.15, -0.1) is 0 Å². The number of ether oxygens (including phenoxy) is 1. The number of H-pyrrole nitrogens is 1. The molecular formula is C13H16N4O2. The van der Waals surface area contributed by atoms with Gasteiger partial charge in [0.25, 0.3) is 5.91 Å². The lowest BCUT2D eigenvalue weighted by atomic mass is 10.2. The standard InChI is InChI=1S/C13H16N4O2/c1-3-19-11-6-4-10(5-7-11)8-17(2)13(18)12-14-9-15-16-12/h4-7,9H,3,8H2,1-2H3,(H,14,15,16). The third kappa shape index (κ3) is 3.31. The zero-order valence-corrected chi connectivity index (χ0v) is 11.0. The van der Waals surface area contributed by atoms with E-state index in [0.29, 0.717) is 13.2 Å². The van der Waals surface area contributed by atoms with E-state index in [4.69, 9.17) is 4.74 Å². The molecule has 6 nitrogen and oxygen atoms in total. The van der Waals surface area contributed by atoms with Crippen LogP contribution in [0.25, 0.3) is 0 Å². The Morgan fingerprint density at radius 1 is 1.37 bits per heavy atom. The van der Waals surface area contributed by atoms with E-state index in [9.17, 15) is 4.79 Å². The van der Waals surface area contributed by atoms with E-state index in [2.05, 4.69) is 15.2 Å². The van der Waals surface area contributed by atoms with Gasteiger partial charge in [-0.25, -0.2) is 4.98 Å². The molecule has 6 heteroatoms. The molecule has 0 aliphatic heterocycles. The van der Waals surface area contributed by atoms with Crippen molar-refractivity contribution in [2.24, 2.45) is 0 Å². The Hall–Kier alpha value is -2.37. The Morgan fingerprint density at radius 3 is 2.68 bits per heavy atom. The van der Waals surface area contributed by atoms with E-state index >= 15 is 0 Å². The highest BCUT2D eigenvalue weighted by Gasteiger charge is 2.14. The number of aromatic nitrogens is 3. The van der Waals surface area contributed by atoms with Gasteiger partial charge in [0.2, 0.25) is 5.82 Å². The van der Waals surface area contributed by atoms with E-state index in [1.807, 2.05) is 31.2 Å². The van der Waals surface area contributed by atoms with Crippen molar-refractivity contribution >= 4 is 5.91 Å². The first kappa shape index (κ1) is 13.1. The summed E-state index contributed by atoms with van der Waals surface area (Å²) < 4.78 is 5.37. The molecule has 0 spiro atoms. The fourth-order valence-corrected chi connectivity index (χ4v) is 1.69. The van der Waals surface area contributed by atoms with Gasteiger partial charge in [-0.3, -0.25) is 9.89 Å². The number of nitrogens with one attached hydrogen (secondary N) is 1. The molecule has 1 aromatic heterocycles. The first-order valence-corrected chi connectivity index (χ1v) is 6.03. The van der Waals surface area contributed by atoms with Crippen LogP contribution in [0.2, 0.25) is 0 Å². The Bertz CT molecular complexity index is 522. The van der Waals surface area contributed by atoms with Crippen LogP contribution in [0.4, 0.5) is 0 Å². The molecule has 1 N–H and O–H groups in total. The normalized spacial score (nSPS) is 10.2. The number of amides is 1. The van der Waals surface area contributed by atoms with Crippen LogP contribution >= 0.6 is 0 Å². The van der Waals surface area contributed by atoms with Gasteiger partial charge in [0.15, 0.2) is 0 Å². The van der Waals surface area contributed by atoms with Crippen LogP contribution in [0, 0.1) is 0 Å². The summed E-state index contributed by atoms with van der Waals surface area (Å²) in [5.41, 5.74) is 1.03. The topological polar surface area (TPSA) is 71.1 Å². The van der Waals surface area contributed by atoms with E-state index in [1.54, 1.807) is 11.9 Å². The highest BCUT2D eigenvalue weighted by atomic mass is 16.5. The van der Waals surface area contributed by atoms with Crippen molar-refractivity contribution in [1.29, 1.82) is 0 Å². The first-order chi connectivity index (χ1) is 9.20. The quantitative estimate of drug-likeness (QED) is 0.883. The van der Waals surface area contributed by atoms with Gasteiger partial charge in [-0.1, -0.05) is 12.1 Å². The zero-order chi connectivity index (χ0) is 13.7. The molecule has 2 rings (SSSR count). The Kier molecular flexibility index (Phi) is 4.12. The molecule has 100 valence electrons. The highest BCUT2D eigenvalue weighted by molar-refractivity contribution is 5.90. The van der Waals surface area contributed by atoms with Gasteiger partial charge in [0.05, 0.1) is 6.61 Å². The number of benzene rings is 1. The molecule has 0 aliphatic carbocycles. The molecule has 1 amide bonds. The number of aromatic amines is 1. The molecule has 19 heavy (non-hydrogen) atoms. The monoisotopic (exact) mass is 260 g/mol. The molecule has 0 saturated carbocycles. The fourth-order valence-electron chi connectivity index (χ4n) is 1.69. The minimum absolute atomic E-state index is 0.189. The molecule has 0 atom stereocenters. The fraction of sp³-hybridized carbons (Fsp3) is 0.308. The van der Waals surface area contributed by atoms with Gasteiger partial charge < -0.3 is 9.64 Å². The van der Waals surface area contributed by atoms with Crippen LogP contribution in [0.15, 0.2) is 30.6 Å². The number of hydrogen-bond donors (Lipinski definition) is 1. The van der Waals surface area contributed by atoms with Gasteiger partial charge in [-0.2, -0.15) is 5.10 Å². The molecule has 0 saturated heterocycles. The van der Waals surface area contributed by atoms with E-state index < -0.39 is 0 Å². The van der Waals surface area contributed by atoms with Gasteiger partial charge in [0, 0.05) is 13.6 Å². The summed E-state index contributed by atoms with van der Waals surface area (Å²) in [6, 6.07) is 7.67. The summed E-state index contributed by atoms with van der Waals surface area (Å²) >= 11 is 0. The summed E-state index contributed by atoms with van der Waals surface area (Å²) in [4.78, 5) is 17.4. The average molecular weight is 260 g/mol. The lowest BCUT2D eigenvalue weighted by Gasteiger charge is -2.15. The summed E-state index contributed by atoms with van der Waals surface area (Å²) in [6.07, 6.45) is 1.32. The molecule has 2 aromatic rings. The average Bonchev–Trinajstić information content (AvgIpc) is 2.94. The minimum atomic E-state index is -0.189. The second kappa shape index (κ2) is 5.99. The largest absolute Gasteiger partial charge is 0.494 e. The van der Waals surface area contributed by atoms with Crippen LogP contribution in [-0.2, 0) is 6.54 Å². The first-order valence-electron chi connectivity index (χ1n) is 6.03. The zero-order valence-electron chi connectivity index (χ0n) is 11.0. The van der Waals surface area contributed by atoms with E-state index in [-0.39, 0.29) is 11.7 Å². The summed E-state index contributed by atoms with van der Waals surface area (Å²) in [5.74, 6) is 0.885. The molecule has 1 aromatic carbocycles. The van der Waals surface area contributed by atoms with Crippen molar-refractivity contribution in [2.75, 3.05) is 13.7 Å². The van der Waals surface area contributed by atoms with Crippen molar-refractivity contribution < 1.29 is 9.53 Å². The van der Waals surface area contributed by atoms with Crippen LogP contribution in [0.1, 0.15) is 23.1 Å². The van der Waals surface area contributed by atoms with Gasteiger partial charge >= 0.3 is 0 Å². The third-order valence-electron chi connectivity index (χ3n) is 2.62. The Labute approximate surface area is 111 Å². The van der Waals surface area contributed by atoms with Crippen LogP contribution < -0.4 is 4.74 Å². The third-order valence-corrected chi connectivity index (χ3v) is 2.62. The van der Waals surface area contributed by atoms with Crippen molar-refractivity contribution in [3.63, 3.8) is 0 Å². The summed E-state index contributed by atoms with van der Waals surface area (Å²) in [5, 5.41) is 6.22. The minimum Gasteiger partial charge on any atom is -0.494 e. The van der Waals surface area contributed by atoms with Crippen LogP contribution in [-0.4, -0.2) is 39.6 Å². The van der Waals surface area contributed by atoms with Crippen LogP contribution in [0.5, 0.6) is 5.75 Å². The number of carbonyl (C=O) groups excluding carboxylic acids is 1. The molecule has 0 bridgehead atoms. The Balaban J connectivity index is 1.98. The Morgan fingerprint density at radius 2 is 2.11 bits per heavy atom. The smallest absolute Gasteiger partial charge is 0.291 e. The molecular weight excluding hydrogens is 244 g/mol. The number of rotatable bonds is 5. The molecule has 0 fully saturated rings. The van der Waals surface area contributed by atoms with E-state index in [0.717, 1.165) is 11.3 Å². The number of nitrogens with zero attached hydrogens (tertiary/aromatic N) is 3. The maximum absolute atomic E-state index is 11.9. The van der Waals surface area contributed by atoms with Crippen molar-refractivity contribution in [3.05, 3.63) is 42.0 Å². The maximum Gasteiger partial charge on any atom is 0.291 e. The van der Waals surface area contributed by atoms with Crippen LogP contribution in [0.3, 0.4) is 0 Å². The van der Waals surface area contributed by atoms with Crippen molar-refractivity contribution in [1.82, 2.24) is 20.1 Å². The van der Waals surface area contributed by atoms with Crippen molar-refractivity contribution in [3.8, 4) is 5.75 Å². The van der Waals surface area contributed by atoms with Gasteiger partial charge in [0.1, 0.15) is 12.1 Å². The van der Waals surface area contributed by atoms with Crippen molar-refractivity contribution in [2.45, 2.75) is 13.5 Å². The lowest BCUT2D eigenvalue weighted by molar-refractivity contribution is 0.0773. The van der Waals surface area contributed by atoms with Gasteiger partial charge in [-0.05, 0) is 24.6 Å². The molecule has 0 radical (unpaired) electrons. The summed E-state index contributed by atoms with van der Waals surface area (Å²) in [7, 11) is 1.72. The second-order valence-corrected chi connectivity index (χ2v) is 4.07. The predicted octanol–water partition coefficient (Wildman–Crippen LogP) is 1.48. The molecule has 1 heterocycles. The molecule has 0 unspecified atom stereocenters. The highest BCUT2D eigenvalue weighted by Crippen LogP contribution is 2.13. The number of hydrogen-bond acceptors (Lipinski definition) is 4. The maximum atomic E-state index is 11.9.